The molecule has 0 atom stereocenters. The molecule has 0 amide bonds. The Labute approximate surface area is 125 Å². The average molecular weight is 340 g/mol. The van der Waals surface area contributed by atoms with Crippen LogP contribution in [0.15, 0.2) is 57.9 Å². The average Bonchev–Trinajstić information content (AvgIpc) is 2.43. The summed E-state index contributed by atoms with van der Waals surface area (Å²) in [4.78, 5) is 1.28. The van der Waals surface area contributed by atoms with E-state index in [1.54, 1.807) is 12.1 Å². The molecule has 0 aromatic heterocycles. The van der Waals surface area contributed by atoms with Crippen LogP contribution in [0.3, 0.4) is 0 Å². The summed E-state index contributed by atoms with van der Waals surface area (Å²) in [6, 6.07) is 15.5. The third-order valence-electron chi connectivity index (χ3n) is 2.60. The minimum atomic E-state index is -0.210. The summed E-state index contributed by atoms with van der Waals surface area (Å²) in [7, 11) is 0. The largest absolute Gasteiger partial charge is 0.312 e. The first-order valence-electron chi connectivity index (χ1n) is 6.08. The van der Waals surface area contributed by atoms with Crippen molar-refractivity contribution in [3.63, 3.8) is 0 Å². The summed E-state index contributed by atoms with van der Waals surface area (Å²) < 4.78 is 13.8. The van der Waals surface area contributed by atoms with Crippen molar-refractivity contribution >= 4 is 27.7 Å². The number of rotatable bonds is 6. The van der Waals surface area contributed by atoms with Gasteiger partial charge in [-0.2, -0.15) is 0 Å². The van der Waals surface area contributed by atoms with Gasteiger partial charge in [0.05, 0.1) is 4.47 Å². The predicted octanol–water partition coefficient (Wildman–Crippen LogP) is 4.47. The fraction of sp³-hybridized carbons (Fsp3) is 0.200. The Kier molecular flexibility index (Phi) is 5.89. The van der Waals surface area contributed by atoms with Crippen LogP contribution in [0.5, 0.6) is 0 Å². The van der Waals surface area contributed by atoms with E-state index >= 15 is 0 Å². The highest BCUT2D eigenvalue weighted by molar-refractivity contribution is 9.10. The third-order valence-corrected chi connectivity index (χ3v) is 4.26. The van der Waals surface area contributed by atoms with Crippen LogP contribution >= 0.6 is 27.7 Å². The number of hydrogen-bond donors (Lipinski definition) is 1. The molecule has 2 rings (SSSR count). The smallest absolute Gasteiger partial charge is 0.137 e. The van der Waals surface area contributed by atoms with E-state index in [9.17, 15) is 4.39 Å². The minimum absolute atomic E-state index is 0.210. The van der Waals surface area contributed by atoms with Crippen LogP contribution in [0, 0.1) is 5.82 Å². The zero-order valence-electron chi connectivity index (χ0n) is 10.4. The van der Waals surface area contributed by atoms with E-state index in [-0.39, 0.29) is 5.82 Å². The second-order valence-electron chi connectivity index (χ2n) is 4.09. The molecule has 0 spiro atoms. The van der Waals surface area contributed by atoms with Gasteiger partial charge in [0, 0.05) is 23.7 Å². The number of benzene rings is 2. The van der Waals surface area contributed by atoms with Crippen LogP contribution in [0.4, 0.5) is 4.39 Å². The van der Waals surface area contributed by atoms with E-state index in [1.807, 2.05) is 36.0 Å². The van der Waals surface area contributed by atoms with E-state index in [2.05, 4.69) is 33.4 Å². The molecular formula is C15H15BrFNS. The standard InChI is InChI=1S/C15H15BrFNS/c16-14-7-6-12(10-15(14)17)11-18-8-9-19-13-4-2-1-3-5-13/h1-7,10,18H,8-9,11H2. The summed E-state index contributed by atoms with van der Waals surface area (Å²) in [5, 5.41) is 3.32. The molecule has 0 heterocycles. The molecule has 0 fully saturated rings. The quantitative estimate of drug-likeness (QED) is 0.615. The molecule has 0 aliphatic rings. The van der Waals surface area contributed by atoms with Crippen LogP contribution in [0.2, 0.25) is 0 Å². The van der Waals surface area contributed by atoms with E-state index in [0.29, 0.717) is 11.0 Å². The Morgan fingerprint density at radius 3 is 2.63 bits per heavy atom. The molecule has 0 saturated heterocycles. The zero-order valence-corrected chi connectivity index (χ0v) is 12.8. The lowest BCUT2D eigenvalue weighted by Gasteiger charge is -2.06. The highest BCUT2D eigenvalue weighted by Crippen LogP contribution is 2.17. The van der Waals surface area contributed by atoms with Crippen LogP contribution in [0.25, 0.3) is 0 Å². The highest BCUT2D eigenvalue weighted by Gasteiger charge is 2.00. The van der Waals surface area contributed by atoms with Gasteiger partial charge in [-0.15, -0.1) is 11.8 Å². The monoisotopic (exact) mass is 339 g/mol. The Morgan fingerprint density at radius 2 is 1.89 bits per heavy atom. The van der Waals surface area contributed by atoms with Crippen molar-refractivity contribution in [3.8, 4) is 0 Å². The van der Waals surface area contributed by atoms with Crippen molar-refractivity contribution in [2.75, 3.05) is 12.3 Å². The first kappa shape index (κ1) is 14.6. The molecule has 2 aromatic carbocycles. The SMILES string of the molecule is Fc1cc(CNCCSc2ccccc2)ccc1Br. The van der Waals surface area contributed by atoms with Crippen molar-refractivity contribution in [2.45, 2.75) is 11.4 Å². The molecule has 2 aromatic rings. The molecule has 0 radical (unpaired) electrons. The van der Waals surface area contributed by atoms with Crippen LogP contribution in [-0.4, -0.2) is 12.3 Å². The topological polar surface area (TPSA) is 12.0 Å². The second kappa shape index (κ2) is 7.68. The first-order valence-corrected chi connectivity index (χ1v) is 7.86. The molecule has 19 heavy (non-hydrogen) atoms. The molecular weight excluding hydrogens is 325 g/mol. The molecule has 0 bridgehead atoms. The van der Waals surface area contributed by atoms with Crippen molar-refractivity contribution in [1.82, 2.24) is 5.32 Å². The Hall–Kier alpha value is -0.840. The lowest BCUT2D eigenvalue weighted by molar-refractivity contribution is 0.615. The normalized spacial score (nSPS) is 10.6. The maximum atomic E-state index is 13.3. The van der Waals surface area contributed by atoms with Crippen molar-refractivity contribution < 1.29 is 4.39 Å². The van der Waals surface area contributed by atoms with Gasteiger partial charge in [0.15, 0.2) is 0 Å². The third kappa shape index (κ3) is 4.97. The van der Waals surface area contributed by atoms with Gasteiger partial charge in [-0.1, -0.05) is 24.3 Å². The van der Waals surface area contributed by atoms with Gasteiger partial charge in [0.1, 0.15) is 5.82 Å². The van der Waals surface area contributed by atoms with Gasteiger partial charge in [0.2, 0.25) is 0 Å². The van der Waals surface area contributed by atoms with Gasteiger partial charge in [-0.3, -0.25) is 0 Å². The lowest BCUT2D eigenvalue weighted by Crippen LogP contribution is -2.16. The molecule has 0 aliphatic carbocycles. The van der Waals surface area contributed by atoms with Gasteiger partial charge in [-0.05, 0) is 45.8 Å². The van der Waals surface area contributed by atoms with Crippen LogP contribution in [0.1, 0.15) is 5.56 Å². The molecule has 1 N–H and O–H groups in total. The van der Waals surface area contributed by atoms with E-state index in [4.69, 9.17) is 0 Å². The number of nitrogens with one attached hydrogen (secondary N) is 1. The van der Waals surface area contributed by atoms with Crippen LogP contribution in [-0.2, 0) is 6.54 Å². The van der Waals surface area contributed by atoms with E-state index in [1.165, 1.54) is 4.90 Å². The fourth-order valence-electron chi connectivity index (χ4n) is 1.64. The summed E-state index contributed by atoms with van der Waals surface area (Å²) in [6.45, 7) is 1.59. The molecule has 1 nitrogen and oxygen atoms in total. The molecule has 0 aliphatic heterocycles. The molecule has 4 heteroatoms. The Morgan fingerprint density at radius 1 is 1.11 bits per heavy atom. The molecule has 100 valence electrons. The van der Waals surface area contributed by atoms with Crippen molar-refractivity contribution in [2.24, 2.45) is 0 Å². The summed E-state index contributed by atoms with van der Waals surface area (Å²) in [5.41, 5.74) is 0.963. The van der Waals surface area contributed by atoms with E-state index in [0.717, 1.165) is 17.9 Å². The first-order chi connectivity index (χ1) is 9.25. The van der Waals surface area contributed by atoms with Gasteiger partial charge in [-0.25, -0.2) is 4.39 Å². The number of thioether (sulfide) groups is 1. The minimum Gasteiger partial charge on any atom is -0.312 e. The van der Waals surface area contributed by atoms with Gasteiger partial charge in [0.25, 0.3) is 0 Å². The summed E-state index contributed by atoms with van der Waals surface area (Å²) >= 11 is 4.97. The van der Waals surface area contributed by atoms with Crippen LogP contribution < -0.4 is 5.32 Å². The maximum Gasteiger partial charge on any atom is 0.137 e. The Balaban J connectivity index is 1.68. The fourth-order valence-corrected chi connectivity index (χ4v) is 2.72. The Bertz CT molecular complexity index is 519. The summed E-state index contributed by atoms with van der Waals surface area (Å²) in [6.07, 6.45) is 0. The highest BCUT2D eigenvalue weighted by atomic mass is 79.9. The van der Waals surface area contributed by atoms with Gasteiger partial charge < -0.3 is 5.32 Å². The maximum absolute atomic E-state index is 13.3. The molecule has 0 saturated carbocycles. The number of halogens is 2. The number of hydrogen-bond acceptors (Lipinski definition) is 2. The lowest BCUT2D eigenvalue weighted by atomic mass is 10.2. The molecule has 0 unspecified atom stereocenters. The van der Waals surface area contributed by atoms with Crippen molar-refractivity contribution in [3.05, 3.63) is 64.4 Å². The second-order valence-corrected chi connectivity index (χ2v) is 6.11. The van der Waals surface area contributed by atoms with E-state index < -0.39 is 0 Å². The predicted molar refractivity (Wildman–Crippen MR) is 83.0 cm³/mol. The zero-order chi connectivity index (χ0) is 13.5. The van der Waals surface area contributed by atoms with Gasteiger partial charge >= 0.3 is 0 Å². The van der Waals surface area contributed by atoms with Crippen molar-refractivity contribution in [1.29, 1.82) is 0 Å². The summed E-state index contributed by atoms with van der Waals surface area (Å²) in [5.74, 6) is 0.793.